The van der Waals surface area contributed by atoms with Crippen molar-refractivity contribution in [2.24, 2.45) is 5.41 Å². The fourth-order valence-electron chi connectivity index (χ4n) is 5.43. The summed E-state index contributed by atoms with van der Waals surface area (Å²) in [5.41, 5.74) is 0.798. The van der Waals surface area contributed by atoms with Crippen LogP contribution in [0.2, 0.25) is 0 Å². The second-order valence-corrected chi connectivity index (χ2v) is 9.84. The Morgan fingerprint density at radius 3 is 2.59 bits per heavy atom. The maximum atomic E-state index is 12.6. The van der Waals surface area contributed by atoms with Crippen molar-refractivity contribution in [2.75, 3.05) is 51.3 Å². The zero-order chi connectivity index (χ0) is 24.5. The average Bonchev–Trinajstić information content (AvgIpc) is 3.56. The van der Waals surface area contributed by atoms with Gasteiger partial charge in [-0.1, -0.05) is 6.07 Å². The molecule has 0 aromatic heterocycles. The highest BCUT2D eigenvalue weighted by atomic mass is 19.4. The van der Waals surface area contributed by atoms with Crippen LogP contribution >= 0.6 is 0 Å². The third-order valence-corrected chi connectivity index (χ3v) is 7.63. The molecule has 1 N–H and O–H groups in total. The zero-order valence-corrected chi connectivity index (χ0v) is 19.8. The van der Waals surface area contributed by atoms with Crippen LogP contribution in [0.3, 0.4) is 0 Å². The number of alkyl halides is 3. The van der Waals surface area contributed by atoms with Crippen LogP contribution in [0.15, 0.2) is 24.3 Å². The van der Waals surface area contributed by atoms with E-state index >= 15 is 0 Å². The summed E-state index contributed by atoms with van der Waals surface area (Å²) >= 11 is 0. The minimum Gasteiger partial charge on any atom is -0.468 e. The summed E-state index contributed by atoms with van der Waals surface area (Å²) in [6.45, 7) is 6.01. The number of ether oxygens (including phenoxy) is 2. The molecular formula is C24H34F3N3O4. The monoisotopic (exact) mass is 485 g/mol. The number of likely N-dealkylation sites (tertiary alicyclic amines) is 1. The third kappa shape index (κ3) is 5.78. The van der Waals surface area contributed by atoms with Crippen LogP contribution in [0.4, 0.5) is 18.9 Å². The molecule has 3 aliphatic rings. The Balaban J connectivity index is 1.35. The van der Waals surface area contributed by atoms with Gasteiger partial charge >= 0.3 is 12.3 Å². The standard InChI is InChI=1S/C24H34F3N3O4/c1-17-15-29(12-13-30(17)18-4-3-5-19(14-18)34-24(25,26)27)20(22(32)33-2)6-10-28-11-9-23(7-8-23)21(31)16-28/h3-5,14,17,20-21,31H,6-13,15-16H2,1-2H3/t17?,20?,21-/m1/s1. The molecule has 2 heterocycles. The van der Waals surface area contributed by atoms with Gasteiger partial charge in [0.25, 0.3) is 0 Å². The van der Waals surface area contributed by atoms with Gasteiger partial charge in [0.15, 0.2) is 0 Å². The number of carbonyl (C=O) groups is 1. The van der Waals surface area contributed by atoms with Crippen LogP contribution in [0, 0.1) is 5.41 Å². The van der Waals surface area contributed by atoms with Crippen LogP contribution in [-0.4, -0.2) is 91.8 Å². The van der Waals surface area contributed by atoms with E-state index in [0.717, 1.165) is 25.8 Å². The molecule has 4 rings (SSSR count). The van der Waals surface area contributed by atoms with Gasteiger partial charge < -0.3 is 24.4 Å². The maximum Gasteiger partial charge on any atom is 0.573 e. The molecule has 1 aromatic rings. The van der Waals surface area contributed by atoms with Crippen molar-refractivity contribution in [3.8, 4) is 5.75 Å². The highest BCUT2D eigenvalue weighted by molar-refractivity contribution is 5.75. The second kappa shape index (κ2) is 9.91. The molecule has 1 aliphatic carbocycles. The SMILES string of the molecule is COC(=O)C(CCN1CCC2(CC2)[C@H](O)C1)N1CCN(c2cccc(OC(F)(F)F)c2)C(C)C1. The highest BCUT2D eigenvalue weighted by Gasteiger charge is 2.51. The first-order valence-electron chi connectivity index (χ1n) is 11.9. The Hall–Kier alpha value is -2.04. The Morgan fingerprint density at radius 1 is 1.21 bits per heavy atom. The number of aliphatic hydroxyl groups is 1. The Kier molecular flexibility index (Phi) is 7.30. The first-order valence-corrected chi connectivity index (χ1v) is 11.9. The molecule has 190 valence electrons. The minimum absolute atomic E-state index is 0.0198. The number of benzene rings is 1. The summed E-state index contributed by atoms with van der Waals surface area (Å²) in [7, 11) is 1.39. The van der Waals surface area contributed by atoms with Gasteiger partial charge in [-0.05, 0) is 56.7 Å². The molecule has 1 saturated carbocycles. The predicted molar refractivity (Wildman–Crippen MR) is 121 cm³/mol. The van der Waals surface area contributed by atoms with Gasteiger partial charge in [-0.2, -0.15) is 0 Å². The lowest BCUT2D eigenvalue weighted by Crippen LogP contribution is -2.57. The number of β-amino-alcohol motifs (C(OH)–C–C–N with tert-alkyl or cyclic N) is 1. The first kappa shape index (κ1) is 25.1. The van der Waals surface area contributed by atoms with E-state index in [9.17, 15) is 23.1 Å². The molecule has 34 heavy (non-hydrogen) atoms. The topological polar surface area (TPSA) is 65.5 Å². The van der Waals surface area contributed by atoms with Gasteiger partial charge in [0.05, 0.1) is 13.2 Å². The molecule has 7 nitrogen and oxygen atoms in total. The normalized spacial score (nSPS) is 26.4. The van der Waals surface area contributed by atoms with Gasteiger partial charge in [0.2, 0.25) is 0 Å². The van der Waals surface area contributed by atoms with Gasteiger partial charge in [0.1, 0.15) is 11.8 Å². The number of esters is 1. The molecule has 10 heteroatoms. The number of piperidine rings is 1. The van der Waals surface area contributed by atoms with Crippen molar-refractivity contribution in [1.82, 2.24) is 9.80 Å². The van der Waals surface area contributed by atoms with Crippen LogP contribution in [0.1, 0.15) is 32.6 Å². The Bertz CT molecular complexity index is 864. The lowest BCUT2D eigenvalue weighted by Gasteiger charge is -2.44. The largest absolute Gasteiger partial charge is 0.573 e. The highest BCUT2D eigenvalue weighted by Crippen LogP contribution is 2.53. The van der Waals surface area contributed by atoms with Gasteiger partial charge in [-0.15, -0.1) is 13.2 Å². The third-order valence-electron chi connectivity index (χ3n) is 7.63. The van der Waals surface area contributed by atoms with Gasteiger partial charge in [-0.3, -0.25) is 9.69 Å². The summed E-state index contributed by atoms with van der Waals surface area (Å²) in [5.74, 6) is -0.527. The van der Waals surface area contributed by atoms with Gasteiger partial charge in [0, 0.05) is 50.5 Å². The summed E-state index contributed by atoms with van der Waals surface area (Å²) in [4.78, 5) is 19.0. The number of hydrogen-bond acceptors (Lipinski definition) is 7. The summed E-state index contributed by atoms with van der Waals surface area (Å²) in [6, 6.07) is 5.57. The lowest BCUT2D eigenvalue weighted by molar-refractivity contribution is -0.274. The number of hydrogen-bond donors (Lipinski definition) is 1. The van der Waals surface area contributed by atoms with Crippen LogP contribution in [0.25, 0.3) is 0 Å². The molecule has 2 unspecified atom stereocenters. The van der Waals surface area contributed by atoms with E-state index in [0.29, 0.717) is 44.8 Å². The molecule has 3 atom stereocenters. The Labute approximate surface area is 198 Å². The van der Waals surface area contributed by atoms with Crippen molar-refractivity contribution >= 4 is 11.7 Å². The zero-order valence-electron chi connectivity index (χ0n) is 19.8. The molecule has 3 fully saturated rings. The van der Waals surface area contributed by atoms with Crippen molar-refractivity contribution in [1.29, 1.82) is 0 Å². The van der Waals surface area contributed by atoms with E-state index in [1.165, 1.54) is 19.2 Å². The average molecular weight is 486 g/mol. The molecule has 2 aliphatic heterocycles. The lowest BCUT2D eigenvalue weighted by atomic mass is 9.90. The number of nitrogens with zero attached hydrogens (tertiary/aromatic N) is 3. The molecular weight excluding hydrogens is 451 g/mol. The van der Waals surface area contributed by atoms with E-state index in [4.69, 9.17) is 4.74 Å². The quantitative estimate of drug-likeness (QED) is 0.596. The molecule has 1 aromatic carbocycles. The second-order valence-electron chi connectivity index (χ2n) is 9.84. The van der Waals surface area contributed by atoms with E-state index in [1.807, 2.05) is 11.8 Å². The van der Waals surface area contributed by atoms with E-state index in [-0.39, 0.29) is 29.3 Å². The molecule has 0 radical (unpaired) electrons. The summed E-state index contributed by atoms with van der Waals surface area (Å²) in [6.07, 6.45) is -1.20. The fraction of sp³-hybridized carbons (Fsp3) is 0.708. The number of anilines is 1. The number of piperazine rings is 1. The van der Waals surface area contributed by atoms with E-state index in [1.54, 1.807) is 12.1 Å². The van der Waals surface area contributed by atoms with Crippen LogP contribution in [0.5, 0.6) is 5.75 Å². The van der Waals surface area contributed by atoms with E-state index < -0.39 is 12.4 Å². The smallest absolute Gasteiger partial charge is 0.468 e. The van der Waals surface area contributed by atoms with Crippen LogP contribution in [-0.2, 0) is 9.53 Å². The van der Waals surface area contributed by atoms with Crippen LogP contribution < -0.4 is 9.64 Å². The number of carbonyl (C=O) groups excluding carboxylic acids is 1. The fourth-order valence-corrected chi connectivity index (χ4v) is 5.43. The number of methoxy groups -OCH3 is 1. The minimum atomic E-state index is -4.74. The number of halogens is 3. The number of rotatable bonds is 7. The molecule has 1 spiro atoms. The summed E-state index contributed by atoms with van der Waals surface area (Å²) in [5, 5.41) is 10.5. The molecule has 0 amide bonds. The molecule has 0 bridgehead atoms. The van der Waals surface area contributed by atoms with Crippen molar-refractivity contribution in [3.05, 3.63) is 24.3 Å². The first-order chi connectivity index (χ1) is 16.1. The van der Waals surface area contributed by atoms with Gasteiger partial charge in [-0.25, -0.2) is 0 Å². The van der Waals surface area contributed by atoms with Crippen molar-refractivity contribution in [2.45, 2.75) is 57.2 Å². The maximum absolute atomic E-state index is 12.6. The number of aliphatic hydroxyl groups excluding tert-OH is 1. The van der Waals surface area contributed by atoms with Crippen molar-refractivity contribution in [3.63, 3.8) is 0 Å². The van der Waals surface area contributed by atoms with E-state index in [2.05, 4.69) is 14.5 Å². The summed E-state index contributed by atoms with van der Waals surface area (Å²) < 4.78 is 47.0. The Morgan fingerprint density at radius 2 is 1.97 bits per heavy atom. The van der Waals surface area contributed by atoms with Crippen molar-refractivity contribution < 1.29 is 32.5 Å². The molecule has 2 saturated heterocycles. The predicted octanol–water partition coefficient (Wildman–Crippen LogP) is 2.87.